The highest BCUT2D eigenvalue weighted by Gasteiger charge is 1.98. The molecule has 0 aliphatic heterocycles. The number of aromatic nitrogens is 3. The van der Waals surface area contributed by atoms with E-state index < -0.39 is 0 Å². The van der Waals surface area contributed by atoms with Gasteiger partial charge in [0.25, 0.3) is 0 Å². The lowest BCUT2D eigenvalue weighted by Gasteiger charge is -1.95. The van der Waals surface area contributed by atoms with Gasteiger partial charge in [0.2, 0.25) is 5.16 Å². The average molecular weight is 170 g/mol. The van der Waals surface area contributed by atoms with Crippen molar-refractivity contribution in [3.63, 3.8) is 0 Å². The zero-order chi connectivity index (χ0) is 8.27. The van der Waals surface area contributed by atoms with Crippen molar-refractivity contribution in [1.82, 2.24) is 14.9 Å². The smallest absolute Gasteiger partial charge is 0.195 e. The SMILES string of the molecule is CSc1nncn1N=C(C)C. The molecule has 0 fully saturated rings. The second kappa shape index (κ2) is 3.52. The largest absolute Gasteiger partial charge is 0.211 e. The van der Waals surface area contributed by atoms with Crippen LogP contribution in [0.15, 0.2) is 16.6 Å². The Morgan fingerprint density at radius 1 is 1.64 bits per heavy atom. The lowest BCUT2D eigenvalue weighted by Crippen LogP contribution is -1.93. The van der Waals surface area contributed by atoms with Crippen molar-refractivity contribution in [1.29, 1.82) is 0 Å². The Labute approximate surface area is 69.7 Å². The van der Waals surface area contributed by atoms with Crippen LogP contribution < -0.4 is 0 Å². The molecule has 5 heteroatoms. The standard InChI is InChI=1S/C6H10N4S/c1-5(2)9-10-4-7-8-6(10)11-3/h4H,1-3H3. The first-order valence-corrected chi connectivity index (χ1v) is 4.42. The van der Waals surface area contributed by atoms with E-state index in [2.05, 4.69) is 15.3 Å². The van der Waals surface area contributed by atoms with E-state index in [0.717, 1.165) is 10.9 Å². The van der Waals surface area contributed by atoms with E-state index in [-0.39, 0.29) is 0 Å². The molecule has 0 amide bonds. The summed E-state index contributed by atoms with van der Waals surface area (Å²) in [6.07, 6.45) is 3.54. The van der Waals surface area contributed by atoms with Gasteiger partial charge in [0.1, 0.15) is 6.33 Å². The number of rotatable bonds is 2. The molecule has 60 valence electrons. The summed E-state index contributed by atoms with van der Waals surface area (Å²) >= 11 is 1.53. The van der Waals surface area contributed by atoms with E-state index in [1.807, 2.05) is 20.1 Å². The molecule has 11 heavy (non-hydrogen) atoms. The van der Waals surface area contributed by atoms with Crippen LogP contribution in [0.4, 0.5) is 0 Å². The van der Waals surface area contributed by atoms with Crippen LogP contribution in [0.1, 0.15) is 13.8 Å². The van der Waals surface area contributed by atoms with Crippen LogP contribution in [0.2, 0.25) is 0 Å². The summed E-state index contributed by atoms with van der Waals surface area (Å²) in [5.41, 5.74) is 0.986. The highest BCUT2D eigenvalue weighted by molar-refractivity contribution is 7.98. The molecule has 1 rings (SSSR count). The summed E-state index contributed by atoms with van der Waals surface area (Å²) in [7, 11) is 0. The molecule has 0 aliphatic rings. The van der Waals surface area contributed by atoms with Crippen molar-refractivity contribution in [2.45, 2.75) is 19.0 Å². The van der Waals surface area contributed by atoms with Crippen molar-refractivity contribution in [2.75, 3.05) is 6.26 Å². The van der Waals surface area contributed by atoms with Gasteiger partial charge in [0.15, 0.2) is 0 Å². The first-order chi connectivity index (χ1) is 5.24. The van der Waals surface area contributed by atoms with E-state index in [0.29, 0.717) is 0 Å². The Hall–Kier alpha value is -0.840. The van der Waals surface area contributed by atoms with E-state index in [1.54, 1.807) is 11.0 Å². The number of thioether (sulfide) groups is 1. The molecule has 0 bridgehead atoms. The lowest BCUT2D eigenvalue weighted by molar-refractivity contribution is 0.762. The Bertz CT molecular complexity index is 261. The number of hydrogen-bond donors (Lipinski definition) is 0. The summed E-state index contributed by atoms with van der Waals surface area (Å²) in [5.74, 6) is 0. The van der Waals surface area contributed by atoms with Gasteiger partial charge in [-0.05, 0) is 20.1 Å². The molecular weight excluding hydrogens is 160 g/mol. The zero-order valence-corrected chi connectivity index (χ0v) is 7.59. The molecule has 0 unspecified atom stereocenters. The quantitative estimate of drug-likeness (QED) is 0.495. The van der Waals surface area contributed by atoms with Crippen molar-refractivity contribution in [3.05, 3.63) is 6.33 Å². The average Bonchev–Trinajstić information content (AvgIpc) is 2.34. The third-order valence-electron chi connectivity index (χ3n) is 0.991. The predicted octanol–water partition coefficient (Wildman–Crippen LogP) is 1.24. The lowest BCUT2D eigenvalue weighted by atomic mass is 10.5. The number of nitrogens with zero attached hydrogens (tertiary/aromatic N) is 4. The van der Waals surface area contributed by atoms with Crippen LogP contribution in [0.25, 0.3) is 0 Å². The summed E-state index contributed by atoms with van der Waals surface area (Å²) in [5, 5.41) is 12.6. The van der Waals surface area contributed by atoms with E-state index in [4.69, 9.17) is 0 Å². The zero-order valence-electron chi connectivity index (χ0n) is 6.77. The van der Waals surface area contributed by atoms with Gasteiger partial charge in [0.05, 0.1) is 0 Å². The van der Waals surface area contributed by atoms with Crippen LogP contribution in [0, 0.1) is 0 Å². The fourth-order valence-electron chi connectivity index (χ4n) is 0.638. The van der Waals surface area contributed by atoms with Gasteiger partial charge in [0, 0.05) is 5.71 Å². The van der Waals surface area contributed by atoms with E-state index >= 15 is 0 Å². The molecule has 0 saturated carbocycles. The fraction of sp³-hybridized carbons (Fsp3) is 0.500. The minimum absolute atomic E-state index is 0.811. The van der Waals surface area contributed by atoms with Crippen molar-refractivity contribution in [3.8, 4) is 0 Å². The summed E-state index contributed by atoms with van der Waals surface area (Å²) in [6, 6.07) is 0. The summed E-state index contributed by atoms with van der Waals surface area (Å²) in [6.45, 7) is 3.87. The molecule has 1 aromatic rings. The van der Waals surface area contributed by atoms with Crippen molar-refractivity contribution < 1.29 is 0 Å². The van der Waals surface area contributed by atoms with E-state index in [1.165, 1.54) is 11.8 Å². The molecule has 0 spiro atoms. The third-order valence-corrected chi connectivity index (χ3v) is 1.62. The molecule has 4 nitrogen and oxygen atoms in total. The van der Waals surface area contributed by atoms with Crippen LogP contribution >= 0.6 is 11.8 Å². The minimum Gasteiger partial charge on any atom is -0.195 e. The topological polar surface area (TPSA) is 43.1 Å². The van der Waals surface area contributed by atoms with Gasteiger partial charge in [-0.15, -0.1) is 10.2 Å². The summed E-state index contributed by atoms with van der Waals surface area (Å²) < 4.78 is 1.67. The number of hydrogen-bond acceptors (Lipinski definition) is 4. The molecule has 0 atom stereocenters. The van der Waals surface area contributed by atoms with Crippen molar-refractivity contribution >= 4 is 17.5 Å². The van der Waals surface area contributed by atoms with Gasteiger partial charge in [-0.25, -0.2) is 0 Å². The second-order valence-corrected chi connectivity index (χ2v) is 2.98. The summed E-state index contributed by atoms with van der Waals surface area (Å²) in [4.78, 5) is 0. The Kier molecular flexibility index (Phi) is 2.64. The maximum atomic E-state index is 4.18. The molecule has 0 aliphatic carbocycles. The fourth-order valence-corrected chi connectivity index (χ4v) is 1.04. The highest BCUT2D eigenvalue weighted by Crippen LogP contribution is 2.09. The maximum absolute atomic E-state index is 4.18. The molecule has 0 N–H and O–H groups in total. The van der Waals surface area contributed by atoms with Crippen LogP contribution in [-0.2, 0) is 0 Å². The first kappa shape index (κ1) is 8.26. The molecular formula is C6H10N4S. The van der Waals surface area contributed by atoms with Crippen LogP contribution in [0.5, 0.6) is 0 Å². The minimum atomic E-state index is 0.811. The Balaban J connectivity index is 2.93. The molecule has 1 heterocycles. The van der Waals surface area contributed by atoms with Gasteiger partial charge in [-0.2, -0.15) is 9.78 Å². The molecule has 0 saturated heterocycles. The van der Waals surface area contributed by atoms with Crippen molar-refractivity contribution in [2.24, 2.45) is 5.10 Å². The highest BCUT2D eigenvalue weighted by atomic mass is 32.2. The molecule has 1 aromatic heterocycles. The van der Waals surface area contributed by atoms with Crippen LogP contribution in [0.3, 0.4) is 0 Å². The third kappa shape index (κ3) is 2.04. The van der Waals surface area contributed by atoms with Gasteiger partial charge in [-0.3, -0.25) is 0 Å². The predicted molar refractivity (Wildman–Crippen MR) is 46.0 cm³/mol. The molecule has 0 radical (unpaired) electrons. The Morgan fingerprint density at radius 3 is 2.91 bits per heavy atom. The van der Waals surface area contributed by atoms with Gasteiger partial charge in [-0.1, -0.05) is 11.8 Å². The second-order valence-electron chi connectivity index (χ2n) is 2.21. The molecule has 0 aromatic carbocycles. The van der Waals surface area contributed by atoms with Gasteiger partial charge >= 0.3 is 0 Å². The normalized spacial score (nSPS) is 9.73. The van der Waals surface area contributed by atoms with Crippen LogP contribution in [-0.4, -0.2) is 26.8 Å². The monoisotopic (exact) mass is 170 g/mol. The maximum Gasteiger partial charge on any atom is 0.211 e. The van der Waals surface area contributed by atoms with E-state index in [9.17, 15) is 0 Å². The van der Waals surface area contributed by atoms with Gasteiger partial charge < -0.3 is 0 Å². The Morgan fingerprint density at radius 2 is 2.36 bits per heavy atom. The first-order valence-electron chi connectivity index (χ1n) is 3.20.